The van der Waals surface area contributed by atoms with E-state index in [1.165, 1.54) is 6.20 Å². The lowest BCUT2D eigenvalue weighted by Gasteiger charge is -2.04. The summed E-state index contributed by atoms with van der Waals surface area (Å²) in [5.41, 5.74) is 0. The Kier molecular flexibility index (Phi) is 2.82. The molecule has 0 saturated carbocycles. The number of nitrogens with zero attached hydrogens (tertiary/aromatic N) is 1. The summed E-state index contributed by atoms with van der Waals surface area (Å²) < 4.78 is 23.7. The molecule has 0 spiro atoms. The van der Waals surface area contributed by atoms with Gasteiger partial charge in [-0.2, -0.15) is 0 Å². The topological polar surface area (TPSA) is 28.7 Å². The fraction of sp³-hybridized carbons (Fsp3) is 0.500. The molecule has 0 aliphatic rings. The summed E-state index contributed by atoms with van der Waals surface area (Å²) in [6.45, 7) is 0. The monoisotopic (exact) mass is 180 g/mol. The van der Waals surface area contributed by atoms with Crippen LogP contribution in [-0.4, -0.2) is 21.8 Å². The Morgan fingerprint density at radius 1 is 1.64 bits per heavy atom. The highest BCUT2D eigenvalue weighted by atomic mass is 35.5. The number of imidazole rings is 1. The molecule has 1 unspecified atom stereocenters. The van der Waals surface area contributed by atoms with Gasteiger partial charge in [-0.3, -0.25) is 0 Å². The summed E-state index contributed by atoms with van der Waals surface area (Å²) in [7, 11) is 0. The van der Waals surface area contributed by atoms with Crippen LogP contribution in [0.25, 0.3) is 0 Å². The normalized spacial score (nSPS) is 13.8. The van der Waals surface area contributed by atoms with Crippen molar-refractivity contribution in [3.63, 3.8) is 0 Å². The van der Waals surface area contributed by atoms with E-state index in [2.05, 4.69) is 9.97 Å². The van der Waals surface area contributed by atoms with Gasteiger partial charge < -0.3 is 4.98 Å². The number of alkyl halides is 3. The van der Waals surface area contributed by atoms with Gasteiger partial charge in [-0.15, -0.1) is 11.6 Å². The third kappa shape index (κ3) is 2.46. The number of hydrogen-bond acceptors (Lipinski definition) is 1. The van der Waals surface area contributed by atoms with E-state index in [0.717, 1.165) is 0 Å². The summed E-state index contributed by atoms with van der Waals surface area (Å²) in [5.74, 6) is 0.491. The molecule has 1 aromatic rings. The van der Waals surface area contributed by atoms with Gasteiger partial charge >= 0.3 is 0 Å². The SMILES string of the molecule is FC(F)C(Cl)Cc1ncc[nH]1. The molecule has 1 N–H and O–H groups in total. The highest BCUT2D eigenvalue weighted by Crippen LogP contribution is 2.12. The highest BCUT2D eigenvalue weighted by molar-refractivity contribution is 6.21. The Hall–Kier alpha value is -0.640. The molecule has 0 bridgehead atoms. The Labute approximate surface area is 67.6 Å². The van der Waals surface area contributed by atoms with Crippen LogP contribution in [0, 0.1) is 0 Å². The lowest BCUT2D eigenvalue weighted by atomic mass is 10.3. The van der Waals surface area contributed by atoms with E-state index >= 15 is 0 Å². The van der Waals surface area contributed by atoms with Crippen molar-refractivity contribution < 1.29 is 8.78 Å². The Morgan fingerprint density at radius 2 is 2.36 bits per heavy atom. The van der Waals surface area contributed by atoms with Crippen molar-refractivity contribution >= 4 is 11.6 Å². The molecule has 1 heterocycles. The number of aromatic nitrogens is 2. The standard InChI is InChI=1S/C6H7ClF2N2/c7-4(6(8)9)3-5-10-1-2-11-5/h1-2,4,6H,3H2,(H,10,11). The van der Waals surface area contributed by atoms with Crippen LogP contribution < -0.4 is 0 Å². The third-order valence-electron chi connectivity index (χ3n) is 1.22. The first-order valence-corrected chi connectivity index (χ1v) is 3.54. The quantitative estimate of drug-likeness (QED) is 0.707. The van der Waals surface area contributed by atoms with E-state index in [4.69, 9.17) is 11.6 Å². The lowest BCUT2D eigenvalue weighted by molar-refractivity contribution is 0.141. The molecule has 0 amide bonds. The molecule has 0 aliphatic heterocycles. The first kappa shape index (κ1) is 8.46. The maximum Gasteiger partial charge on any atom is 0.255 e. The van der Waals surface area contributed by atoms with Crippen molar-refractivity contribution in [1.29, 1.82) is 0 Å². The van der Waals surface area contributed by atoms with Crippen LogP contribution in [0.1, 0.15) is 5.82 Å². The van der Waals surface area contributed by atoms with Crippen LogP contribution in [0.2, 0.25) is 0 Å². The van der Waals surface area contributed by atoms with Gasteiger partial charge in [-0.1, -0.05) is 0 Å². The van der Waals surface area contributed by atoms with E-state index in [1.54, 1.807) is 6.20 Å². The molecule has 11 heavy (non-hydrogen) atoms. The molecule has 1 aromatic heterocycles. The molecule has 2 nitrogen and oxygen atoms in total. The molecular formula is C6H7ClF2N2. The van der Waals surface area contributed by atoms with Crippen molar-refractivity contribution in [2.45, 2.75) is 18.2 Å². The highest BCUT2D eigenvalue weighted by Gasteiger charge is 2.18. The van der Waals surface area contributed by atoms with Gasteiger partial charge in [-0.05, 0) is 0 Å². The van der Waals surface area contributed by atoms with Crippen LogP contribution in [0.3, 0.4) is 0 Å². The van der Waals surface area contributed by atoms with Crippen molar-refractivity contribution in [2.75, 3.05) is 0 Å². The first-order valence-electron chi connectivity index (χ1n) is 3.10. The molecule has 1 atom stereocenters. The largest absolute Gasteiger partial charge is 0.349 e. The second-order valence-corrected chi connectivity index (χ2v) is 2.65. The smallest absolute Gasteiger partial charge is 0.255 e. The molecule has 0 aliphatic carbocycles. The minimum absolute atomic E-state index is 0.0756. The van der Waals surface area contributed by atoms with Gasteiger partial charge in [0.15, 0.2) is 0 Å². The van der Waals surface area contributed by atoms with Gasteiger partial charge in [-0.25, -0.2) is 13.8 Å². The number of H-pyrrole nitrogens is 1. The number of hydrogen-bond donors (Lipinski definition) is 1. The predicted octanol–water partition coefficient (Wildman–Crippen LogP) is 1.82. The van der Waals surface area contributed by atoms with Gasteiger partial charge in [0.1, 0.15) is 11.2 Å². The Balaban J connectivity index is 2.43. The minimum atomic E-state index is -2.50. The molecular weight excluding hydrogens is 174 g/mol. The molecule has 0 radical (unpaired) electrons. The maximum atomic E-state index is 11.8. The van der Waals surface area contributed by atoms with E-state index in [0.29, 0.717) is 5.82 Å². The average Bonchev–Trinajstić information content (AvgIpc) is 2.39. The van der Waals surface area contributed by atoms with Crippen LogP contribution in [0.15, 0.2) is 12.4 Å². The fourth-order valence-corrected chi connectivity index (χ4v) is 0.830. The number of rotatable bonds is 3. The zero-order valence-electron chi connectivity index (χ0n) is 5.60. The summed E-state index contributed by atoms with van der Waals surface area (Å²) >= 11 is 5.30. The van der Waals surface area contributed by atoms with E-state index in [-0.39, 0.29) is 6.42 Å². The van der Waals surface area contributed by atoms with Gasteiger partial charge in [0.25, 0.3) is 6.43 Å². The number of halogens is 3. The summed E-state index contributed by atoms with van der Waals surface area (Å²) in [4.78, 5) is 6.46. The van der Waals surface area contributed by atoms with E-state index in [1.807, 2.05) is 0 Å². The number of nitrogens with one attached hydrogen (secondary N) is 1. The van der Waals surface area contributed by atoms with Crippen molar-refractivity contribution in [3.05, 3.63) is 18.2 Å². The first-order chi connectivity index (χ1) is 5.20. The van der Waals surface area contributed by atoms with Gasteiger partial charge in [0.05, 0.1) is 0 Å². The zero-order valence-corrected chi connectivity index (χ0v) is 6.35. The zero-order chi connectivity index (χ0) is 8.27. The molecule has 1 rings (SSSR count). The summed E-state index contributed by atoms with van der Waals surface area (Å²) in [5, 5.41) is -1.15. The van der Waals surface area contributed by atoms with Crippen LogP contribution in [0.5, 0.6) is 0 Å². The molecule has 0 aromatic carbocycles. The Bertz CT molecular complexity index is 200. The lowest BCUT2D eigenvalue weighted by Crippen LogP contribution is -2.14. The van der Waals surface area contributed by atoms with Crippen molar-refractivity contribution in [1.82, 2.24) is 9.97 Å². The van der Waals surface area contributed by atoms with Crippen molar-refractivity contribution in [3.8, 4) is 0 Å². The van der Waals surface area contributed by atoms with Gasteiger partial charge in [0.2, 0.25) is 0 Å². The van der Waals surface area contributed by atoms with Gasteiger partial charge in [0, 0.05) is 18.8 Å². The maximum absolute atomic E-state index is 11.8. The second-order valence-electron chi connectivity index (χ2n) is 2.09. The minimum Gasteiger partial charge on any atom is -0.349 e. The second kappa shape index (κ2) is 3.67. The summed E-state index contributed by atoms with van der Waals surface area (Å²) in [6.07, 6.45) is 0.655. The van der Waals surface area contributed by atoms with Crippen LogP contribution in [-0.2, 0) is 6.42 Å². The van der Waals surface area contributed by atoms with E-state index < -0.39 is 11.8 Å². The fourth-order valence-electron chi connectivity index (χ4n) is 0.683. The third-order valence-corrected chi connectivity index (χ3v) is 1.56. The predicted molar refractivity (Wildman–Crippen MR) is 37.9 cm³/mol. The summed E-state index contributed by atoms with van der Waals surface area (Å²) in [6, 6.07) is 0. The number of aromatic amines is 1. The Morgan fingerprint density at radius 3 is 2.82 bits per heavy atom. The molecule has 0 saturated heterocycles. The van der Waals surface area contributed by atoms with E-state index in [9.17, 15) is 8.78 Å². The molecule has 0 fully saturated rings. The average molecular weight is 181 g/mol. The van der Waals surface area contributed by atoms with Crippen LogP contribution in [0.4, 0.5) is 8.78 Å². The molecule has 5 heteroatoms. The molecule has 62 valence electrons. The van der Waals surface area contributed by atoms with Crippen molar-refractivity contribution in [2.24, 2.45) is 0 Å². The van der Waals surface area contributed by atoms with Crippen LogP contribution >= 0.6 is 11.6 Å².